The molecule has 18 heavy (non-hydrogen) atoms. The van der Waals surface area contributed by atoms with E-state index in [2.05, 4.69) is 0 Å². The van der Waals surface area contributed by atoms with Crippen LogP contribution in [-0.2, 0) is 10.3 Å². The molecule has 0 aliphatic carbocycles. The third-order valence-electron chi connectivity index (χ3n) is 3.39. The molecule has 1 aromatic rings. The number of benzene rings is 1. The quantitative estimate of drug-likeness (QED) is 0.861. The van der Waals surface area contributed by atoms with Gasteiger partial charge in [0, 0.05) is 11.5 Å². The number of ether oxygens (including phenoxy) is 1. The normalized spacial score (nSPS) is 32.1. The summed E-state index contributed by atoms with van der Waals surface area (Å²) < 4.78 is 44.2. The molecular weight excluding hydrogens is 247 g/mol. The van der Waals surface area contributed by atoms with Crippen LogP contribution in [0.1, 0.15) is 5.56 Å². The van der Waals surface area contributed by atoms with Gasteiger partial charge in [-0.25, -0.2) is 13.2 Å². The highest BCUT2D eigenvalue weighted by Gasteiger charge is 2.52. The molecule has 3 atom stereocenters. The molecule has 1 saturated heterocycles. The van der Waals surface area contributed by atoms with Crippen molar-refractivity contribution < 1.29 is 23.0 Å². The van der Waals surface area contributed by atoms with E-state index in [0.717, 1.165) is 0 Å². The van der Waals surface area contributed by atoms with Gasteiger partial charge in [0.25, 0.3) is 6.43 Å². The number of aliphatic hydroxyl groups is 1. The van der Waals surface area contributed by atoms with Crippen molar-refractivity contribution in [2.45, 2.75) is 18.1 Å². The minimum absolute atomic E-state index is 0.0900. The number of halogens is 3. The van der Waals surface area contributed by atoms with Crippen molar-refractivity contribution in [1.82, 2.24) is 0 Å². The molecule has 3 nitrogen and oxygen atoms in total. The summed E-state index contributed by atoms with van der Waals surface area (Å²) >= 11 is 0. The van der Waals surface area contributed by atoms with E-state index in [1.807, 2.05) is 0 Å². The van der Waals surface area contributed by atoms with Crippen LogP contribution >= 0.6 is 0 Å². The lowest BCUT2D eigenvalue weighted by Gasteiger charge is -2.30. The summed E-state index contributed by atoms with van der Waals surface area (Å²) in [5.74, 6) is -1.62. The Balaban J connectivity index is 2.39. The number of aliphatic hydroxyl groups excluding tert-OH is 1. The molecule has 1 aliphatic heterocycles. The molecule has 3 N–H and O–H groups in total. The molecule has 0 radical (unpaired) electrons. The fourth-order valence-electron chi connectivity index (χ4n) is 2.38. The van der Waals surface area contributed by atoms with E-state index in [1.54, 1.807) is 6.07 Å². The Hall–Kier alpha value is -1.11. The lowest BCUT2D eigenvalue weighted by molar-refractivity contribution is -0.0476. The maximum absolute atomic E-state index is 13.7. The first-order valence-electron chi connectivity index (χ1n) is 5.55. The van der Waals surface area contributed by atoms with Crippen LogP contribution in [0.3, 0.4) is 0 Å². The van der Waals surface area contributed by atoms with Crippen LogP contribution in [0.2, 0.25) is 0 Å². The third-order valence-corrected chi connectivity index (χ3v) is 3.39. The number of nitrogens with two attached hydrogens (primary N) is 1. The Morgan fingerprint density at radius 3 is 2.67 bits per heavy atom. The molecule has 6 heteroatoms. The van der Waals surface area contributed by atoms with E-state index in [9.17, 15) is 18.3 Å². The number of rotatable bonds is 3. The van der Waals surface area contributed by atoms with E-state index >= 15 is 0 Å². The molecule has 1 aromatic carbocycles. The Morgan fingerprint density at radius 2 is 2.11 bits per heavy atom. The summed E-state index contributed by atoms with van der Waals surface area (Å²) in [5, 5.41) is 9.26. The standard InChI is InChI=1S/C12H14F3NO2/c13-9-4-2-1-3-7(9)12(16)6-18-10(11(14)15)8(12)5-17/h1-4,8,10-11,17H,5-6,16H2. The first kappa shape index (κ1) is 13.3. The van der Waals surface area contributed by atoms with E-state index < -0.39 is 36.4 Å². The first-order valence-corrected chi connectivity index (χ1v) is 5.55. The monoisotopic (exact) mass is 261 g/mol. The van der Waals surface area contributed by atoms with Crippen molar-refractivity contribution >= 4 is 0 Å². The van der Waals surface area contributed by atoms with E-state index in [4.69, 9.17) is 10.5 Å². The average molecular weight is 261 g/mol. The highest BCUT2D eigenvalue weighted by atomic mass is 19.3. The van der Waals surface area contributed by atoms with Crippen LogP contribution < -0.4 is 5.73 Å². The number of hydrogen-bond donors (Lipinski definition) is 2. The number of alkyl halides is 2. The Kier molecular flexibility index (Phi) is 3.61. The molecule has 0 spiro atoms. The summed E-state index contributed by atoms with van der Waals surface area (Å²) in [7, 11) is 0. The van der Waals surface area contributed by atoms with Crippen molar-refractivity contribution in [3.05, 3.63) is 35.6 Å². The summed E-state index contributed by atoms with van der Waals surface area (Å²) in [4.78, 5) is 0. The van der Waals surface area contributed by atoms with Gasteiger partial charge in [0.2, 0.25) is 0 Å². The molecule has 1 aliphatic rings. The van der Waals surface area contributed by atoms with Gasteiger partial charge in [0.15, 0.2) is 0 Å². The van der Waals surface area contributed by atoms with Crippen LogP contribution in [0.15, 0.2) is 24.3 Å². The summed E-state index contributed by atoms with van der Waals surface area (Å²) in [5.41, 5.74) is 4.67. The molecule has 0 amide bonds. The largest absolute Gasteiger partial charge is 0.396 e. The van der Waals surface area contributed by atoms with Gasteiger partial charge in [-0.3, -0.25) is 0 Å². The topological polar surface area (TPSA) is 55.5 Å². The zero-order valence-electron chi connectivity index (χ0n) is 9.52. The minimum atomic E-state index is -2.76. The average Bonchev–Trinajstić information content (AvgIpc) is 2.68. The van der Waals surface area contributed by atoms with Gasteiger partial charge < -0.3 is 15.6 Å². The van der Waals surface area contributed by atoms with Gasteiger partial charge in [-0.2, -0.15) is 0 Å². The van der Waals surface area contributed by atoms with Crippen LogP contribution in [-0.4, -0.2) is 30.8 Å². The van der Waals surface area contributed by atoms with Crippen molar-refractivity contribution in [1.29, 1.82) is 0 Å². The summed E-state index contributed by atoms with van der Waals surface area (Å²) in [6.07, 6.45) is -4.24. The maximum Gasteiger partial charge on any atom is 0.264 e. The fourth-order valence-corrected chi connectivity index (χ4v) is 2.38. The van der Waals surface area contributed by atoms with Gasteiger partial charge in [0.05, 0.1) is 18.8 Å². The molecule has 0 saturated carbocycles. The van der Waals surface area contributed by atoms with Gasteiger partial charge in [-0.15, -0.1) is 0 Å². The van der Waals surface area contributed by atoms with Gasteiger partial charge in [0.1, 0.15) is 11.9 Å². The number of hydrogen-bond acceptors (Lipinski definition) is 3. The highest BCUT2D eigenvalue weighted by molar-refractivity contribution is 5.29. The smallest absolute Gasteiger partial charge is 0.264 e. The molecule has 1 fully saturated rings. The molecule has 100 valence electrons. The molecule has 0 aromatic heterocycles. The van der Waals surface area contributed by atoms with Crippen LogP contribution in [0.4, 0.5) is 13.2 Å². The summed E-state index contributed by atoms with van der Waals surface area (Å²) in [6.45, 7) is -0.825. The van der Waals surface area contributed by atoms with E-state index in [0.29, 0.717) is 0 Å². The molecular formula is C12H14F3NO2. The molecule has 2 rings (SSSR count). The van der Waals surface area contributed by atoms with Gasteiger partial charge in [-0.05, 0) is 6.07 Å². The second kappa shape index (κ2) is 4.87. The minimum Gasteiger partial charge on any atom is -0.396 e. The van der Waals surface area contributed by atoms with Crippen LogP contribution in [0, 0.1) is 11.7 Å². The van der Waals surface area contributed by atoms with Crippen molar-refractivity contribution in [2.75, 3.05) is 13.2 Å². The highest BCUT2D eigenvalue weighted by Crippen LogP contribution is 2.40. The van der Waals surface area contributed by atoms with Crippen LogP contribution in [0.25, 0.3) is 0 Å². The molecule has 0 bridgehead atoms. The maximum atomic E-state index is 13.7. The Morgan fingerprint density at radius 1 is 1.44 bits per heavy atom. The second-order valence-corrected chi connectivity index (χ2v) is 4.42. The van der Waals surface area contributed by atoms with E-state index in [1.165, 1.54) is 18.2 Å². The van der Waals surface area contributed by atoms with E-state index in [-0.39, 0.29) is 12.2 Å². The predicted molar refractivity (Wildman–Crippen MR) is 58.6 cm³/mol. The first-order chi connectivity index (χ1) is 8.50. The van der Waals surface area contributed by atoms with Gasteiger partial charge in [-0.1, -0.05) is 18.2 Å². The van der Waals surface area contributed by atoms with Crippen LogP contribution in [0.5, 0.6) is 0 Å². The van der Waals surface area contributed by atoms with Gasteiger partial charge >= 0.3 is 0 Å². The zero-order valence-corrected chi connectivity index (χ0v) is 9.52. The van der Waals surface area contributed by atoms with Crippen molar-refractivity contribution in [2.24, 2.45) is 11.7 Å². The lowest BCUT2D eigenvalue weighted by atomic mass is 9.79. The zero-order chi connectivity index (χ0) is 13.3. The molecule has 1 heterocycles. The van der Waals surface area contributed by atoms with Crippen molar-refractivity contribution in [3.63, 3.8) is 0 Å². The molecule has 3 unspecified atom stereocenters. The third kappa shape index (κ3) is 2.00. The SMILES string of the molecule is NC1(c2ccccc2F)COC(C(F)F)C1CO. The Labute approximate surface area is 102 Å². The predicted octanol–water partition coefficient (Wildman–Crippen LogP) is 1.25. The second-order valence-electron chi connectivity index (χ2n) is 4.42. The lowest BCUT2D eigenvalue weighted by Crippen LogP contribution is -2.48. The summed E-state index contributed by atoms with van der Waals surface area (Å²) in [6, 6.07) is 5.68. The van der Waals surface area contributed by atoms with Crippen molar-refractivity contribution in [3.8, 4) is 0 Å². The Bertz CT molecular complexity index is 430. The fraction of sp³-hybridized carbons (Fsp3) is 0.500.